The summed E-state index contributed by atoms with van der Waals surface area (Å²) in [7, 11) is 0. The van der Waals surface area contributed by atoms with E-state index < -0.39 is 0 Å². The summed E-state index contributed by atoms with van der Waals surface area (Å²) < 4.78 is 0. The second-order valence-electron chi connectivity index (χ2n) is 2.81. The highest BCUT2D eigenvalue weighted by Crippen LogP contribution is 2.08. The summed E-state index contributed by atoms with van der Waals surface area (Å²) in [5, 5.41) is 0. The molecule has 0 aromatic carbocycles. The van der Waals surface area contributed by atoms with Crippen LogP contribution in [-0.2, 0) is 0 Å². The van der Waals surface area contributed by atoms with E-state index in [4.69, 9.17) is 0 Å². The van der Waals surface area contributed by atoms with Gasteiger partial charge in [0.25, 0.3) is 0 Å². The Morgan fingerprint density at radius 1 is 1.36 bits per heavy atom. The minimum atomic E-state index is 1.09. The van der Waals surface area contributed by atoms with E-state index >= 15 is 0 Å². The summed E-state index contributed by atoms with van der Waals surface area (Å²) in [4.78, 5) is 4.30. The molecule has 0 atom stereocenters. The van der Waals surface area contributed by atoms with Crippen molar-refractivity contribution in [3.05, 3.63) is 23.4 Å². The molecule has 1 nitrogen and oxygen atoms in total. The average molecular weight is 149 g/mol. The van der Waals surface area contributed by atoms with E-state index in [1.54, 1.807) is 0 Å². The highest BCUT2D eigenvalue weighted by atomic mass is 14.7. The van der Waals surface area contributed by atoms with Crippen LogP contribution in [0.5, 0.6) is 0 Å². The van der Waals surface area contributed by atoms with Crippen LogP contribution < -0.4 is 0 Å². The standard InChI is InChI=1S/C10H15N/c1-3-10-7-5-4-6-9(2)11-8-10/h6-8H,3-5H2,1-2H3/b9-6-,10-7-,11-8+. The fourth-order valence-corrected chi connectivity index (χ4v) is 1.09. The van der Waals surface area contributed by atoms with Crippen molar-refractivity contribution in [1.29, 1.82) is 0 Å². The van der Waals surface area contributed by atoms with E-state index in [9.17, 15) is 0 Å². The Labute approximate surface area is 68.5 Å². The lowest BCUT2D eigenvalue weighted by molar-refractivity contribution is 0.999. The molecular weight excluding hydrogens is 134 g/mol. The fourth-order valence-electron chi connectivity index (χ4n) is 1.09. The van der Waals surface area contributed by atoms with Crippen molar-refractivity contribution in [2.45, 2.75) is 33.1 Å². The van der Waals surface area contributed by atoms with Crippen molar-refractivity contribution in [3.8, 4) is 0 Å². The number of hydrogen-bond donors (Lipinski definition) is 0. The molecule has 0 spiro atoms. The summed E-state index contributed by atoms with van der Waals surface area (Å²) in [5.41, 5.74) is 2.50. The number of aliphatic imine (C=N–C) groups is 1. The Hall–Kier alpha value is -0.850. The minimum absolute atomic E-state index is 1.09. The predicted octanol–water partition coefficient (Wildman–Crippen LogP) is 3.09. The third-order valence-corrected chi connectivity index (χ3v) is 1.86. The third kappa shape index (κ3) is 2.71. The fraction of sp³-hybridized carbons (Fsp3) is 0.500. The molecule has 0 fully saturated rings. The third-order valence-electron chi connectivity index (χ3n) is 1.86. The highest BCUT2D eigenvalue weighted by molar-refractivity contribution is 5.79. The van der Waals surface area contributed by atoms with Gasteiger partial charge in [-0.1, -0.05) is 19.1 Å². The summed E-state index contributed by atoms with van der Waals surface area (Å²) in [6.07, 6.45) is 9.81. The first-order valence-electron chi connectivity index (χ1n) is 4.22. The molecule has 0 N–H and O–H groups in total. The van der Waals surface area contributed by atoms with Gasteiger partial charge in [0.1, 0.15) is 0 Å². The first-order valence-corrected chi connectivity index (χ1v) is 4.22. The zero-order chi connectivity index (χ0) is 8.10. The first kappa shape index (κ1) is 8.25. The van der Waals surface area contributed by atoms with Crippen LogP contribution in [0.25, 0.3) is 0 Å². The second kappa shape index (κ2) is 4.12. The zero-order valence-electron chi connectivity index (χ0n) is 7.30. The topological polar surface area (TPSA) is 12.4 Å². The van der Waals surface area contributed by atoms with E-state index in [0.29, 0.717) is 0 Å². The maximum absolute atomic E-state index is 4.30. The molecule has 60 valence electrons. The van der Waals surface area contributed by atoms with Crippen LogP contribution in [0.15, 0.2) is 28.4 Å². The first-order chi connectivity index (χ1) is 5.33. The molecule has 0 radical (unpaired) electrons. The van der Waals surface area contributed by atoms with Crippen LogP contribution in [0.2, 0.25) is 0 Å². The zero-order valence-corrected chi connectivity index (χ0v) is 7.30. The van der Waals surface area contributed by atoms with E-state index in [1.165, 1.54) is 5.57 Å². The molecule has 1 heteroatoms. The van der Waals surface area contributed by atoms with Crippen LogP contribution in [0.3, 0.4) is 0 Å². The molecule has 1 aliphatic rings. The minimum Gasteiger partial charge on any atom is -0.262 e. The molecule has 0 aromatic rings. The van der Waals surface area contributed by atoms with Gasteiger partial charge in [0, 0.05) is 11.9 Å². The SMILES string of the molecule is CCC1=C\CC\C=C(C)/N=C/1. The maximum atomic E-state index is 4.30. The molecule has 1 heterocycles. The second-order valence-corrected chi connectivity index (χ2v) is 2.81. The Kier molecular flexibility index (Phi) is 3.09. The molecule has 0 bridgehead atoms. The van der Waals surface area contributed by atoms with Gasteiger partial charge in [-0.05, 0) is 31.8 Å². The molecule has 0 aromatic heterocycles. The predicted molar refractivity (Wildman–Crippen MR) is 49.9 cm³/mol. The van der Waals surface area contributed by atoms with Crippen molar-refractivity contribution in [3.63, 3.8) is 0 Å². The summed E-state index contributed by atoms with van der Waals surface area (Å²) >= 11 is 0. The molecule has 0 saturated carbocycles. The number of nitrogens with zero attached hydrogens (tertiary/aromatic N) is 1. The molecule has 1 rings (SSSR count). The molecule has 0 saturated heterocycles. The highest BCUT2D eigenvalue weighted by Gasteiger charge is 1.92. The molecule has 11 heavy (non-hydrogen) atoms. The van der Waals surface area contributed by atoms with Crippen LogP contribution in [0.1, 0.15) is 33.1 Å². The molecule has 0 aliphatic carbocycles. The summed E-state index contributed by atoms with van der Waals surface area (Å²) in [5.74, 6) is 0. The van der Waals surface area contributed by atoms with Crippen molar-refractivity contribution < 1.29 is 0 Å². The van der Waals surface area contributed by atoms with E-state index in [1.807, 2.05) is 6.21 Å². The number of allylic oxidation sites excluding steroid dienone is 4. The van der Waals surface area contributed by atoms with E-state index in [-0.39, 0.29) is 0 Å². The van der Waals surface area contributed by atoms with Crippen LogP contribution in [0.4, 0.5) is 0 Å². The smallest absolute Gasteiger partial charge is 0.0333 e. The van der Waals surface area contributed by atoms with Crippen molar-refractivity contribution >= 4 is 6.21 Å². The van der Waals surface area contributed by atoms with Gasteiger partial charge in [0.2, 0.25) is 0 Å². The van der Waals surface area contributed by atoms with Gasteiger partial charge >= 0.3 is 0 Å². The Morgan fingerprint density at radius 2 is 2.09 bits per heavy atom. The van der Waals surface area contributed by atoms with Crippen molar-refractivity contribution in [1.82, 2.24) is 0 Å². The lowest BCUT2D eigenvalue weighted by atomic mass is 10.1. The Morgan fingerprint density at radius 3 is 2.82 bits per heavy atom. The van der Waals surface area contributed by atoms with E-state index in [2.05, 4.69) is 31.0 Å². The van der Waals surface area contributed by atoms with Crippen molar-refractivity contribution in [2.75, 3.05) is 0 Å². The van der Waals surface area contributed by atoms with Crippen LogP contribution in [0, 0.1) is 0 Å². The molecule has 0 unspecified atom stereocenters. The summed E-state index contributed by atoms with van der Waals surface area (Å²) in [6.45, 7) is 4.22. The Balaban J connectivity index is 2.71. The maximum Gasteiger partial charge on any atom is 0.0333 e. The van der Waals surface area contributed by atoms with Gasteiger partial charge in [-0.2, -0.15) is 0 Å². The number of rotatable bonds is 1. The molecule has 1 aliphatic heterocycles. The quantitative estimate of drug-likeness (QED) is 0.543. The molecular formula is C10H15N. The lowest BCUT2D eigenvalue weighted by Crippen LogP contribution is -1.86. The molecule has 0 amide bonds. The van der Waals surface area contributed by atoms with Gasteiger partial charge in [0.15, 0.2) is 0 Å². The van der Waals surface area contributed by atoms with Gasteiger partial charge in [-0.15, -0.1) is 0 Å². The number of hydrogen-bond acceptors (Lipinski definition) is 1. The van der Waals surface area contributed by atoms with Crippen LogP contribution >= 0.6 is 0 Å². The van der Waals surface area contributed by atoms with Crippen LogP contribution in [-0.4, -0.2) is 6.21 Å². The van der Waals surface area contributed by atoms with Crippen molar-refractivity contribution in [2.24, 2.45) is 4.99 Å². The van der Waals surface area contributed by atoms with Gasteiger partial charge < -0.3 is 0 Å². The normalized spacial score (nSPS) is 30.7. The van der Waals surface area contributed by atoms with Gasteiger partial charge in [0.05, 0.1) is 0 Å². The van der Waals surface area contributed by atoms with Gasteiger partial charge in [-0.25, -0.2) is 0 Å². The lowest BCUT2D eigenvalue weighted by Gasteiger charge is -2.00. The summed E-state index contributed by atoms with van der Waals surface area (Å²) in [6, 6.07) is 0. The Bertz CT molecular complexity index is 209. The largest absolute Gasteiger partial charge is 0.262 e. The van der Waals surface area contributed by atoms with E-state index in [0.717, 1.165) is 25.0 Å². The monoisotopic (exact) mass is 149 g/mol. The average Bonchev–Trinajstić information content (AvgIpc) is 1.98. The van der Waals surface area contributed by atoms with Gasteiger partial charge in [-0.3, -0.25) is 4.99 Å².